The average molecular weight is 451 g/mol. The van der Waals surface area contributed by atoms with Crippen molar-refractivity contribution in [2.24, 2.45) is 23.7 Å². The zero-order chi connectivity index (χ0) is 16.0. The second kappa shape index (κ2) is 6.13. The minimum absolute atomic E-state index is 0.0172. The normalized spacial score (nSPS) is 36.3. The molecule has 2 bridgehead atoms. The van der Waals surface area contributed by atoms with E-state index in [4.69, 9.17) is 11.6 Å². The van der Waals surface area contributed by atoms with Crippen LogP contribution < -0.4 is 10.4 Å². The van der Waals surface area contributed by atoms with E-state index in [0.717, 1.165) is 0 Å². The number of halogens is 3. The SMILES string of the molecule is O=C([O-])[C@H]1[C@@H]2C[C@@H]([C@@H](Br)[C@H]2Br)[C@@H]1C(=O)Nc1cccc(Cl)c1. The number of aliphatic carboxylic acids is 1. The Morgan fingerprint density at radius 1 is 1.18 bits per heavy atom. The van der Waals surface area contributed by atoms with E-state index in [9.17, 15) is 14.7 Å². The maximum absolute atomic E-state index is 12.6. The summed E-state index contributed by atoms with van der Waals surface area (Å²) in [5.74, 6) is -2.89. The van der Waals surface area contributed by atoms with Gasteiger partial charge in [-0.1, -0.05) is 49.5 Å². The number of carbonyl (C=O) groups excluding carboxylic acids is 2. The third-order valence-electron chi connectivity index (χ3n) is 4.64. The predicted octanol–water partition coefficient (Wildman–Crippen LogP) is 2.44. The molecule has 2 aliphatic rings. The fourth-order valence-corrected chi connectivity index (χ4v) is 5.80. The van der Waals surface area contributed by atoms with Gasteiger partial charge in [-0.25, -0.2) is 0 Å². The third-order valence-corrected chi connectivity index (χ3v) is 8.08. The first-order valence-electron chi connectivity index (χ1n) is 6.95. The lowest BCUT2D eigenvalue weighted by molar-refractivity contribution is -0.314. The molecule has 118 valence electrons. The van der Waals surface area contributed by atoms with Crippen molar-refractivity contribution in [3.8, 4) is 0 Å². The van der Waals surface area contributed by atoms with Crippen LogP contribution in [0.2, 0.25) is 5.02 Å². The number of carboxylic acids is 1. The van der Waals surface area contributed by atoms with Crippen LogP contribution in [0.15, 0.2) is 24.3 Å². The lowest BCUT2D eigenvalue weighted by Crippen LogP contribution is -2.49. The van der Waals surface area contributed by atoms with Crippen LogP contribution in [0, 0.1) is 23.7 Å². The Balaban J connectivity index is 1.83. The van der Waals surface area contributed by atoms with Crippen molar-refractivity contribution < 1.29 is 14.7 Å². The minimum atomic E-state index is -1.15. The Labute approximate surface area is 149 Å². The molecule has 6 atom stereocenters. The molecule has 1 aromatic rings. The molecule has 7 heteroatoms. The highest BCUT2D eigenvalue weighted by atomic mass is 79.9. The van der Waals surface area contributed by atoms with Crippen LogP contribution in [0.4, 0.5) is 5.69 Å². The van der Waals surface area contributed by atoms with Crippen molar-refractivity contribution in [3.63, 3.8) is 0 Å². The topological polar surface area (TPSA) is 69.2 Å². The van der Waals surface area contributed by atoms with Gasteiger partial charge in [0.15, 0.2) is 0 Å². The Morgan fingerprint density at radius 2 is 1.82 bits per heavy atom. The predicted molar refractivity (Wildman–Crippen MR) is 89.1 cm³/mol. The standard InChI is InChI=1S/C15H14Br2ClNO3/c16-12-8-5-9(13(12)17)11(15(21)22)10(8)14(20)19-7-3-1-2-6(18)4-7/h1-4,8-13H,5H2,(H,19,20)(H,21,22)/p-1/t8-,9+,10+,11+,12-,13+/m1/s1. The molecular weight excluding hydrogens is 437 g/mol. The molecule has 0 spiro atoms. The summed E-state index contributed by atoms with van der Waals surface area (Å²) in [4.78, 5) is 24.3. The molecule has 0 saturated heterocycles. The summed E-state index contributed by atoms with van der Waals surface area (Å²) in [7, 11) is 0. The van der Waals surface area contributed by atoms with Gasteiger partial charge in [0, 0.05) is 32.3 Å². The lowest BCUT2D eigenvalue weighted by Gasteiger charge is -2.36. The molecule has 1 N–H and O–H groups in total. The van der Waals surface area contributed by atoms with E-state index in [1.807, 2.05) is 0 Å². The number of benzene rings is 1. The maximum Gasteiger partial charge on any atom is 0.228 e. The number of alkyl halides is 2. The lowest BCUT2D eigenvalue weighted by atomic mass is 9.78. The van der Waals surface area contributed by atoms with E-state index in [2.05, 4.69) is 37.2 Å². The van der Waals surface area contributed by atoms with Gasteiger partial charge in [-0.15, -0.1) is 0 Å². The second-order valence-electron chi connectivity index (χ2n) is 5.82. The molecule has 3 rings (SSSR count). The van der Waals surface area contributed by atoms with Crippen LogP contribution in [0.25, 0.3) is 0 Å². The molecule has 4 nitrogen and oxygen atoms in total. The molecule has 0 aromatic heterocycles. The number of amides is 1. The van der Waals surface area contributed by atoms with Crippen molar-refractivity contribution in [2.75, 3.05) is 5.32 Å². The maximum atomic E-state index is 12.6. The van der Waals surface area contributed by atoms with Gasteiger partial charge in [-0.3, -0.25) is 4.79 Å². The molecule has 0 heterocycles. The number of carbonyl (C=O) groups is 2. The van der Waals surface area contributed by atoms with Gasteiger partial charge in [0.25, 0.3) is 0 Å². The van der Waals surface area contributed by atoms with Crippen molar-refractivity contribution >= 4 is 61.0 Å². The smallest absolute Gasteiger partial charge is 0.228 e. The zero-order valence-corrected chi connectivity index (χ0v) is 15.3. The average Bonchev–Trinajstić information content (AvgIpc) is 2.97. The molecule has 0 radical (unpaired) electrons. The third kappa shape index (κ3) is 2.69. The summed E-state index contributed by atoms with van der Waals surface area (Å²) in [5, 5.41) is 14.8. The van der Waals surface area contributed by atoms with Gasteiger partial charge in [0.05, 0.1) is 5.92 Å². The highest BCUT2D eigenvalue weighted by Gasteiger charge is 2.59. The highest BCUT2D eigenvalue weighted by Crippen LogP contribution is 2.57. The summed E-state index contributed by atoms with van der Waals surface area (Å²) in [6.45, 7) is 0. The molecule has 1 aromatic carbocycles. The molecule has 2 aliphatic carbocycles. The number of hydrogen-bond donors (Lipinski definition) is 1. The molecule has 1 amide bonds. The fraction of sp³-hybridized carbons (Fsp3) is 0.467. The number of anilines is 1. The van der Waals surface area contributed by atoms with E-state index < -0.39 is 17.8 Å². The van der Waals surface area contributed by atoms with Crippen LogP contribution >= 0.6 is 43.5 Å². The fourth-order valence-electron chi connectivity index (χ4n) is 3.74. The first-order valence-corrected chi connectivity index (χ1v) is 9.16. The van der Waals surface area contributed by atoms with Crippen molar-refractivity contribution in [1.82, 2.24) is 0 Å². The van der Waals surface area contributed by atoms with Gasteiger partial charge < -0.3 is 15.2 Å². The van der Waals surface area contributed by atoms with Gasteiger partial charge in [-0.05, 0) is 36.5 Å². The van der Waals surface area contributed by atoms with Crippen LogP contribution in [-0.4, -0.2) is 21.5 Å². The highest BCUT2D eigenvalue weighted by molar-refractivity contribution is 9.12. The number of hydrogen-bond acceptors (Lipinski definition) is 3. The second-order valence-corrected chi connectivity index (χ2v) is 8.37. The van der Waals surface area contributed by atoms with E-state index in [1.54, 1.807) is 24.3 Å². The van der Waals surface area contributed by atoms with E-state index in [1.165, 1.54) is 0 Å². The largest absolute Gasteiger partial charge is 0.550 e. The molecule has 0 unspecified atom stereocenters. The Bertz CT molecular complexity index is 627. The summed E-state index contributed by atoms with van der Waals surface area (Å²) in [6, 6.07) is 6.81. The number of rotatable bonds is 3. The van der Waals surface area contributed by atoms with Crippen LogP contribution in [-0.2, 0) is 9.59 Å². The first-order chi connectivity index (χ1) is 10.4. The van der Waals surface area contributed by atoms with Crippen LogP contribution in [0.3, 0.4) is 0 Å². The summed E-state index contributed by atoms with van der Waals surface area (Å²) >= 11 is 13.0. The van der Waals surface area contributed by atoms with Gasteiger partial charge >= 0.3 is 0 Å². The summed E-state index contributed by atoms with van der Waals surface area (Å²) in [5.41, 5.74) is 0.568. The van der Waals surface area contributed by atoms with Crippen molar-refractivity contribution in [1.29, 1.82) is 0 Å². The van der Waals surface area contributed by atoms with Crippen LogP contribution in [0.5, 0.6) is 0 Å². The van der Waals surface area contributed by atoms with Crippen molar-refractivity contribution in [2.45, 2.75) is 16.1 Å². The molecule has 0 aliphatic heterocycles. The van der Waals surface area contributed by atoms with Gasteiger partial charge in [0.2, 0.25) is 5.91 Å². The molecule has 2 fully saturated rings. The van der Waals surface area contributed by atoms with Gasteiger partial charge in [0.1, 0.15) is 0 Å². The van der Waals surface area contributed by atoms with E-state index in [0.29, 0.717) is 17.1 Å². The van der Waals surface area contributed by atoms with Crippen LogP contribution in [0.1, 0.15) is 6.42 Å². The summed E-state index contributed by atoms with van der Waals surface area (Å²) < 4.78 is 0. The monoisotopic (exact) mass is 448 g/mol. The van der Waals surface area contributed by atoms with E-state index >= 15 is 0 Å². The Morgan fingerprint density at radius 3 is 2.41 bits per heavy atom. The first kappa shape index (κ1) is 16.3. The Hall–Kier alpha value is -0.590. The molecular formula is C15H13Br2ClNO3-. The zero-order valence-electron chi connectivity index (χ0n) is 11.3. The summed E-state index contributed by atoms with van der Waals surface area (Å²) in [6.07, 6.45) is 0.706. The molecule has 22 heavy (non-hydrogen) atoms. The number of nitrogens with one attached hydrogen (secondary N) is 1. The number of fused-ring (bicyclic) bond motifs is 2. The van der Waals surface area contributed by atoms with E-state index in [-0.39, 0.29) is 27.4 Å². The number of carboxylic acid groups (broad SMARTS) is 1. The Kier molecular flexibility index (Phi) is 4.54. The minimum Gasteiger partial charge on any atom is -0.550 e. The van der Waals surface area contributed by atoms with Gasteiger partial charge in [-0.2, -0.15) is 0 Å². The van der Waals surface area contributed by atoms with Crippen molar-refractivity contribution in [3.05, 3.63) is 29.3 Å². The molecule has 2 saturated carbocycles. The quantitative estimate of drug-likeness (QED) is 0.720.